The number of nitrogens with zero attached hydrogens (tertiary/aromatic N) is 3. The first-order chi connectivity index (χ1) is 14.6. The molecule has 1 amide bonds. The Morgan fingerprint density at radius 3 is 2.83 bits per heavy atom. The summed E-state index contributed by atoms with van der Waals surface area (Å²) < 4.78 is 10.6. The maximum absolute atomic E-state index is 13.0. The molecular weight excluding hydrogens is 400 g/mol. The Hall–Kier alpha value is -2.87. The first-order valence-corrected chi connectivity index (χ1v) is 11.0. The third-order valence-corrected chi connectivity index (χ3v) is 6.64. The molecule has 1 saturated heterocycles. The molecule has 7 nitrogen and oxygen atoms in total. The van der Waals surface area contributed by atoms with Gasteiger partial charge in [0.15, 0.2) is 11.5 Å². The summed E-state index contributed by atoms with van der Waals surface area (Å²) in [4.78, 5) is 26.5. The minimum atomic E-state index is -0.110. The predicted octanol–water partition coefficient (Wildman–Crippen LogP) is 4.13. The van der Waals surface area contributed by atoms with E-state index >= 15 is 0 Å². The van der Waals surface area contributed by atoms with Crippen molar-refractivity contribution in [2.75, 3.05) is 37.5 Å². The third-order valence-electron chi connectivity index (χ3n) is 5.45. The van der Waals surface area contributed by atoms with E-state index in [1.807, 2.05) is 6.07 Å². The van der Waals surface area contributed by atoms with Crippen molar-refractivity contribution in [1.29, 1.82) is 0 Å². The number of fused-ring (bicyclic) bond motifs is 1. The SMILES string of the molecule is CCc1cc2c(N3CCCC(C(=O)Nc4ccc(OC)c(OC)c4)C3)ncnc2s1. The van der Waals surface area contributed by atoms with E-state index in [1.165, 1.54) is 4.88 Å². The fraction of sp³-hybridized carbons (Fsp3) is 0.409. The number of nitrogens with one attached hydrogen (secondary N) is 1. The maximum Gasteiger partial charge on any atom is 0.229 e. The van der Waals surface area contributed by atoms with Crippen molar-refractivity contribution in [3.8, 4) is 11.5 Å². The van der Waals surface area contributed by atoms with Gasteiger partial charge in [0.05, 0.1) is 25.5 Å². The van der Waals surface area contributed by atoms with Crippen LogP contribution in [0.1, 0.15) is 24.6 Å². The topological polar surface area (TPSA) is 76.6 Å². The molecule has 1 unspecified atom stereocenters. The molecule has 0 spiro atoms. The molecule has 1 atom stereocenters. The molecule has 8 heteroatoms. The lowest BCUT2D eigenvalue weighted by atomic mass is 9.96. The lowest BCUT2D eigenvalue weighted by molar-refractivity contribution is -0.120. The van der Waals surface area contributed by atoms with Gasteiger partial charge in [0.1, 0.15) is 17.0 Å². The van der Waals surface area contributed by atoms with Gasteiger partial charge in [-0.05, 0) is 37.5 Å². The van der Waals surface area contributed by atoms with Crippen LogP contribution in [0.5, 0.6) is 11.5 Å². The van der Waals surface area contributed by atoms with Crippen LogP contribution in [-0.2, 0) is 11.2 Å². The van der Waals surface area contributed by atoms with Crippen LogP contribution >= 0.6 is 11.3 Å². The number of ether oxygens (including phenoxy) is 2. The van der Waals surface area contributed by atoms with Gasteiger partial charge < -0.3 is 19.7 Å². The number of amides is 1. The monoisotopic (exact) mass is 426 g/mol. The molecule has 0 aliphatic carbocycles. The quantitative estimate of drug-likeness (QED) is 0.639. The summed E-state index contributed by atoms with van der Waals surface area (Å²) >= 11 is 1.71. The fourth-order valence-electron chi connectivity index (χ4n) is 3.86. The summed E-state index contributed by atoms with van der Waals surface area (Å²) in [6, 6.07) is 7.58. The number of carbonyl (C=O) groups is 1. The number of anilines is 2. The lowest BCUT2D eigenvalue weighted by Crippen LogP contribution is -2.41. The molecule has 0 saturated carbocycles. The molecular formula is C22H26N4O3S. The Kier molecular flexibility index (Phi) is 6.03. The van der Waals surface area contributed by atoms with Crippen LogP contribution in [-0.4, -0.2) is 43.2 Å². The van der Waals surface area contributed by atoms with Crippen molar-refractivity contribution < 1.29 is 14.3 Å². The number of aromatic nitrogens is 2. The van der Waals surface area contributed by atoms with E-state index in [2.05, 4.69) is 33.2 Å². The first kappa shape index (κ1) is 20.4. The molecule has 3 heterocycles. The number of carbonyl (C=O) groups excluding carboxylic acids is 1. The molecule has 1 fully saturated rings. The van der Waals surface area contributed by atoms with E-state index in [4.69, 9.17) is 9.47 Å². The molecule has 0 bridgehead atoms. The number of thiophene rings is 1. The number of rotatable bonds is 6. The van der Waals surface area contributed by atoms with E-state index in [0.717, 1.165) is 41.8 Å². The summed E-state index contributed by atoms with van der Waals surface area (Å²) in [7, 11) is 3.17. The molecule has 3 aromatic rings. The van der Waals surface area contributed by atoms with Crippen LogP contribution in [0.15, 0.2) is 30.6 Å². The van der Waals surface area contributed by atoms with E-state index in [1.54, 1.807) is 44.0 Å². The second-order valence-electron chi connectivity index (χ2n) is 7.33. The Labute approximate surface area is 180 Å². The van der Waals surface area contributed by atoms with Gasteiger partial charge in [0, 0.05) is 29.7 Å². The number of benzene rings is 1. The van der Waals surface area contributed by atoms with Crippen LogP contribution in [0.2, 0.25) is 0 Å². The van der Waals surface area contributed by atoms with Crippen LogP contribution in [0, 0.1) is 5.92 Å². The molecule has 30 heavy (non-hydrogen) atoms. The second kappa shape index (κ2) is 8.87. The van der Waals surface area contributed by atoms with Gasteiger partial charge in [-0.25, -0.2) is 9.97 Å². The van der Waals surface area contributed by atoms with E-state index < -0.39 is 0 Å². The highest BCUT2D eigenvalue weighted by atomic mass is 32.1. The van der Waals surface area contributed by atoms with Crippen molar-refractivity contribution in [2.45, 2.75) is 26.2 Å². The Morgan fingerprint density at radius 2 is 2.07 bits per heavy atom. The number of aryl methyl sites for hydroxylation is 1. The van der Waals surface area contributed by atoms with Gasteiger partial charge in [0.2, 0.25) is 5.91 Å². The minimum absolute atomic E-state index is 0.0109. The van der Waals surface area contributed by atoms with Crippen molar-refractivity contribution in [1.82, 2.24) is 9.97 Å². The average molecular weight is 427 g/mol. The zero-order valence-electron chi connectivity index (χ0n) is 17.5. The van der Waals surface area contributed by atoms with Gasteiger partial charge in [-0.2, -0.15) is 0 Å². The van der Waals surface area contributed by atoms with E-state index in [9.17, 15) is 4.79 Å². The summed E-state index contributed by atoms with van der Waals surface area (Å²) in [5.74, 6) is 2.06. The number of piperidine rings is 1. The van der Waals surface area contributed by atoms with E-state index in [-0.39, 0.29) is 11.8 Å². The summed E-state index contributed by atoms with van der Waals surface area (Å²) in [6.07, 6.45) is 4.41. The van der Waals surface area contributed by atoms with Crippen LogP contribution < -0.4 is 19.7 Å². The van der Waals surface area contributed by atoms with Gasteiger partial charge in [-0.1, -0.05) is 6.92 Å². The van der Waals surface area contributed by atoms with Crippen molar-refractivity contribution in [3.05, 3.63) is 35.5 Å². The minimum Gasteiger partial charge on any atom is -0.493 e. The predicted molar refractivity (Wildman–Crippen MR) is 120 cm³/mol. The first-order valence-electron chi connectivity index (χ1n) is 10.1. The summed E-state index contributed by atoms with van der Waals surface area (Å²) in [6.45, 7) is 3.68. The highest BCUT2D eigenvalue weighted by Gasteiger charge is 2.28. The van der Waals surface area contributed by atoms with Crippen molar-refractivity contribution >= 4 is 39.0 Å². The number of methoxy groups -OCH3 is 2. The largest absolute Gasteiger partial charge is 0.493 e. The van der Waals surface area contributed by atoms with Crippen LogP contribution in [0.3, 0.4) is 0 Å². The molecule has 2 aromatic heterocycles. The van der Waals surface area contributed by atoms with Crippen LogP contribution in [0.4, 0.5) is 11.5 Å². The highest BCUT2D eigenvalue weighted by molar-refractivity contribution is 7.18. The standard InChI is InChI=1S/C22H26N4O3S/c1-4-16-11-17-20(23-13-24-22(17)30-16)26-9-5-6-14(12-26)21(27)25-15-7-8-18(28-2)19(10-15)29-3/h7-8,10-11,13-14H,4-6,9,12H2,1-3H3,(H,25,27). The zero-order chi connectivity index (χ0) is 21.1. The summed E-state index contributed by atoms with van der Waals surface area (Å²) in [5, 5.41) is 4.11. The normalized spacial score (nSPS) is 16.5. The fourth-order valence-corrected chi connectivity index (χ4v) is 4.79. The molecule has 1 N–H and O–H groups in total. The molecule has 1 aliphatic heterocycles. The van der Waals surface area contributed by atoms with Crippen LogP contribution in [0.25, 0.3) is 10.2 Å². The molecule has 1 aliphatic rings. The van der Waals surface area contributed by atoms with E-state index in [0.29, 0.717) is 23.7 Å². The highest BCUT2D eigenvalue weighted by Crippen LogP contribution is 2.33. The van der Waals surface area contributed by atoms with Crippen molar-refractivity contribution in [2.24, 2.45) is 5.92 Å². The molecule has 4 rings (SSSR count). The number of hydrogen-bond donors (Lipinski definition) is 1. The van der Waals surface area contributed by atoms with Gasteiger partial charge >= 0.3 is 0 Å². The van der Waals surface area contributed by atoms with Crippen molar-refractivity contribution in [3.63, 3.8) is 0 Å². The summed E-state index contributed by atoms with van der Waals surface area (Å²) in [5.41, 5.74) is 0.699. The molecule has 0 radical (unpaired) electrons. The third kappa shape index (κ3) is 4.05. The average Bonchev–Trinajstić information content (AvgIpc) is 3.22. The maximum atomic E-state index is 13.0. The second-order valence-corrected chi connectivity index (χ2v) is 8.44. The number of hydrogen-bond acceptors (Lipinski definition) is 7. The Balaban J connectivity index is 1.50. The Bertz CT molecular complexity index is 1050. The molecule has 1 aromatic carbocycles. The lowest BCUT2D eigenvalue weighted by Gasteiger charge is -2.33. The molecule has 158 valence electrons. The van der Waals surface area contributed by atoms with Gasteiger partial charge in [0.25, 0.3) is 0 Å². The smallest absolute Gasteiger partial charge is 0.229 e. The zero-order valence-corrected chi connectivity index (χ0v) is 18.3. The van der Waals surface area contributed by atoms with Gasteiger partial charge in [-0.15, -0.1) is 11.3 Å². The Morgan fingerprint density at radius 1 is 1.23 bits per heavy atom. The van der Waals surface area contributed by atoms with Gasteiger partial charge in [-0.3, -0.25) is 4.79 Å².